The molecule has 1 fully saturated rings. The number of carbonyl (C=O) groups excluding carboxylic acids is 1. The molecule has 24 heavy (non-hydrogen) atoms. The molecule has 1 aliphatic rings. The molecule has 2 N–H and O–H groups in total. The van der Waals surface area contributed by atoms with Gasteiger partial charge in [-0.1, -0.05) is 13.8 Å². The molecule has 1 aliphatic heterocycles. The van der Waals surface area contributed by atoms with Crippen LogP contribution in [0.3, 0.4) is 0 Å². The topological polar surface area (TPSA) is 78.9 Å². The minimum Gasteiger partial charge on any atom is -0.491 e. The number of amides is 1. The third-order valence-electron chi connectivity index (χ3n) is 4.27. The van der Waals surface area contributed by atoms with Gasteiger partial charge in [0.25, 0.3) is 0 Å². The van der Waals surface area contributed by atoms with E-state index in [1.807, 2.05) is 25.8 Å². The second-order valence-electron chi connectivity index (χ2n) is 6.66. The van der Waals surface area contributed by atoms with Gasteiger partial charge in [0.1, 0.15) is 12.4 Å². The summed E-state index contributed by atoms with van der Waals surface area (Å²) in [5, 5.41) is 12.1. The van der Waals surface area contributed by atoms with Crippen LogP contribution in [0.5, 0.6) is 5.75 Å². The lowest BCUT2D eigenvalue weighted by Crippen LogP contribution is -2.40. The van der Waals surface area contributed by atoms with Crippen LogP contribution in [0.15, 0.2) is 24.3 Å². The molecule has 1 aromatic carbocycles. The lowest BCUT2D eigenvalue weighted by Gasteiger charge is -2.25. The molecule has 0 bridgehead atoms. The van der Waals surface area contributed by atoms with Crippen molar-refractivity contribution in [2.24, 2.45) is 5.92 Å². The maximum atomic E-state index is 12.4. The Bertz CT molecular complexity index is 571. The molecular weight excluding hydrogens is 308 g/mol. The summed E-state index contributed by atoms with van der Waals surface area (Å²) in [6.07, 6.45) is 1.40. The number of nitrogens with zero attached hydrogens (tertiary/aromatic N) is 1. The Morgan fingerprint density at radius 2 is 2.00 bits per heavy atom. The van der Waals surface area contributed by atoms with Crippen molar-refractivity contribution in [1.29, 1.82) is 0 Å². The molecule has 0 saturated carbocycles. The Balaban J connectivity index is 1.97. The molecule has 0 radical (unpaired) electrons. The van der Waals surface area contributed by atoms with E-state index < -0.39 is 5.97 Å². The number of hydrogen-bond acceptors (Lipinski definition) is 4. The fourth-order valence-corrected chi connectivity index (χ4v) is 2.94. The summed E-state index contributed by atoms with van der Waals surface area (Å²) in [4.78, 5) is 25.2. The van der Waals surface area contributed by atoms with Crippen molar-refractivity contribution >= 4 is 11.9 Å². The van der Waals surface area contributed by atoms with Crippen LogP contribution in [0.25, 0.3) is 0 Å². The van der Waals surface area contributed by atoms with Gasteiger partial charge in [0.15, 0.2) is 0 Å². The van der Waals surface area contributed by atoms with Gasteiger partial charge in [0.2, 0.25) is 5.91 Å². The quantitative estimate of drug-likeness (QED) is 0.797. The number of carboxylic acid groups (broad SMARTS) is 1. The summed E-state index contributed by atoms with van der Waals surface area (Å²) >= 11 is 0. The van der Waals surface area contributed by atoms with Crippen LogP contribution in [0, 0.1) is 5.92 Å². The van der Waals surface area contributed by atoms with Crippen molar-refractivity contribution in [3.05, 3.63) is 29.8 Å². The fourth-order valence-electron chi connectivity index (χ4n) is 2.94. The Morgan fingerprint density at radius 3 is 2.54 bits per heavy atom. The minimum atomic E-state index is -0.959. The molecule has 1 amide bonds. The van der Waals surface area contributed by atoms with E-state index in [0.29, 0.717) is 31.2 Å². The van der Waals surface area contributed by atoms with Gasteiger partial charge in [0.05, 0.1) is 11.6 Å². The second-order valence-corrected chi connectivity index (χ2v) is 6.66. The molecule has 0 aromatic heterocycles. The molecule has 0 aliphatic carbocycles. The van der Waals surface area contributed by atoms with Crippen LogP contribution in [0.1, 0.15) is 37.0 Å². The van der Waals surface area contributed by atoms with Crippen molar-refractivity contribution < 1.29 is 19.4 Å². The summed E-state index contributed by atoms with van der Waals surface area (Å²) in [5.41, 5.74) is 0.229. The monoisotopic (exact) mass is 334 g/mol. The molecule has 1 saturated heterocycles. The van der Waals surface area contributed by atoms with Gasteiger partial charge in [-0.05, 0) is 43.7 Å². The lowest BCUT2D eigenvalue weighted by molar-refractivity contribution is -0.133. The number of ether oxygens (including phenoxy) is 1. The number of nitrogens with one attached hydrogen (secondary N) is 1. The lowest BCUT2D eigenvalue weighted by atomic mass is 10.1. The summed E-state index contributed by atoms with van der Waals surface area (Å²) in [6.45, 7) is 5.19. The fraction of sp³-hybridized carbons (Fsp3) is 0.556. The predicted molar refractivity (Wildman–Crippen MR) is 91.3 cm³/mol. The van der Waals surface area contributed by atoms with Crippen molar-refractivity contribution in [2.45, 2.75) is 38.8 Å². The average molecular weight is 334 g/mol. The number of benzene rings is 1. The molecule has 6 heteroatoms. The van der Waals surface area contributed by atoms with Crippen LogP contribution >= 0.6 is 0 Å². The first-order chi connectivity index (χ1) is 11.4. The third-order valence-corrected chi connectivity index (χ3v) is 4.27. The summed E-state index contributed by atoms with van der Waals surface area (Å²) < 4.78 is 5.79. The summed E-state index contributed by atoms with van der Waals surface area (Å²) in [6, 6.07) is 6.65. The van der Waals surface area contributed by atoms with Crippen LogP contribution in [0.4, 0.5) is 0 Å². The van der Waals surface area contributed by atoms with E-state index in [4.69, 9.17) is 9.84 Å². The zero-order valence-corrected chi connectivity index (χ0v) is 14.5. The zero-order valence-electron chi connectivity index (χ0n) is 14.5. The number of aromatic carboxylic acids is 1. The van der Waals surface area contributed by atoms with Gasteiger partial charge in [-0.3, -0.25) is 4.79 Å². The van der Waals surface area contributed by atoms with Crippen LogP contribution in [0.2, 0.25) is 0 Å². The summed E-state index contributed by atoms with van der Waals surface area (Å²) in [5.74, 6) is 0.151. The highest BCUT2D eigenvalue weighted by atomic mass is 16.5. The number of likely N-dealkylation sites (tertiary alicyclic amines) is 1. The average Bonchev–Trinajstić information content (AvgIpc) is 2.96. The van der Waals surface area contributed by atoms with Gasteiger partial charge in [0, 0.05) is 19.0 Å². The van der Waals surface area contributed by atoms with Gasteiger partial charge < -0.3 is 20.1 Å². The van der Waals surface area contributed by atoms with E-state index >= 15 is 0 Å². The molecule has 1 aromatic rings. The normalized spacial score (nSPS) is 20.4. The van der Waals surface area contributed by atoms with Gasteiger partial charge in [-0.25, -0.2) is 4.79 Å². The van der Waals surface area contributed by atoms with Crippen LogP contribution in [-0.2, 0) is 4.79 Å². The van der Waals surface area contributed by atoms with Crippen molar-refractivity contribution in [1.82, 2.24) is 10.2 Å². The van der Waals surface area contributed by atoms with E-state index in [1.165, 1.54) is 12.1 Å². The first kappa shape index (κ1) is 18.3. The Kier molecular flexibility index (Phi) is 6.20. The van der Waals surface area contributed by atoms with E-state index in [-0.39, 0.29) is 23.6 Å². The van der Waals surface area contributed by atoms with E-state index in [9.17, 15) is 9.59 Å². The Hall–Kier alpha value is -2.08. The number of hydrogen-bond donors (Lipinski definition) is 2. The maximum absolute atomic E-state index is 12.4. The molecule has 132 valence electrons. The number of rotatable bonds is 7. The zero-order chi connectivity index (χ0) is 17.7. The number of carboxylic acids is 1. The number of carbonyl (C=O) groups is 2. The van der Waals surface area contributed by atoms with Gasteiger partial charge in [-0.15, -0.1) is 0 Å². The van der Waals surface area contributed by atoms with Crippen LogP contribution < -0.4 is 10.1 Å². The standard InChI is InChI=1S/C18H26N2O4/c1-12(2)8-17(21)20-10-14(19-3)9-15(20)11-24-16-6-4-13(5-7-16)18(22)23/h4-7,12,14-15,19H,8-11H2,1-3H3,(H,22,23)/t14?,15-/m0/s1. The van der Waals surface area contributed by atoms with E-state index in [0.717, 1.165) is 6.42 Å². The molecule has 6 nitrogen and oxygen atoms in total. The molecule has 1 unspecified atom stereocenters. The predicted octanol–water partition coefficient (Wildman–Crippen LogP) is 2.00. The van der Waals surface area contributed by atoms with Gasteiger partial charge in [-0.2, -0.15) is 0 Å². The van der Waals surface area contributed by atoms with E-state index in [1.54, 1.807) is 12.1 Å². The Labute approximate surface area is 142 Å². The number of likely N-dealkylation sites (N-methyl/N-ethyl adjacent to an activating group) is 1. The van der Waals surface area contributed by atoms with Gasteiger partial charge >= 0.3 is 5.97 Å². The third kappa shape index (κ3) is 4.71. The van der Waals surface area contributed by atoms with Crippen LogP contribution in [-0.4, -0.2) is 54.2 Å². The molecule has 1 heterocycles. The SMILES string of the molecule is CNC1C[C@@H](COc2ccc(C(=O)O)cc2)N(C(=O)CC(C)C)C1. The first-order valence-electron chi connectivity index (χ1n) is 8.33. The molecule has 2 rings (SSSR count). The Morgan fingerprint density at radius 1 is 1.33 bits per heavy atom. The maximum Gasteiger partial charge on any atom is 0.335 e. The second kappa shape index (κ2) is 8.15. The molecule has 2 atom stereocenters. The van der Waals surface area contributed by atoms with Crippen molar-refractivity contribution in [3.63, 3.8) is 0 Å². The highest BCUT2D eigenvalue weighted by Crippen LogP contribution is 2.22. The largest absolute Gasteiger partial charge is 0.491 e. The minimum absolute atomic E-state index is 0.0350. The smallest absolute Gasteiger partial charge is 0.335 e. The molecule has 0 spiro atoms. The van der Waals surface area contributed by atoms with Crippen molar-refractivity contribution in [3.8, 4) is 5.75 Å². The first-order valence-corrected chi connectivity index (χ1v) is 8.33. The summed E-state index contributed by atoms with van der Waals surface area (Å²) in [7, 11) is 1.91. The molecular formula is C18H26N2O4. The highest BCUT2D eigenvalue weighted by Gasteiger charge is 2.34. The van der Waals surface area contributed by atoms with Crippen molar-refractivity contribution in [2.75, 3.05) is 20.2 Å². The van der Waals surface area contributed by atoms with E-state index in [2.05, 4.69) is 5.32 Å². The highest BCUT2D eigenvalue weighted by molar-refractivity contribution is 5.87.